The van der Waals surface area contributed by atoms with Gasteiger partial charge in [0.25, 0.3) is 5.91 Å². The molecule has 1 aliphatic heterocycles. The Morgan fingerprint density at radius 1 is 0.967 bits per heavy atom. The number of nitrogens with zero attached hydrogens (tertiary/aromatic N) is 3. The van der Waals surface area contributed by atoms with Gasteiger partial charge in [0.1, 0.15) is 11.8 Å². The van der Waals surface area contributed by atoms with E-state index in [1.54, 1.807) is 11.1 Å². The summed E-state index contributed by atoms with van der Waals surface area (Å²) >= 11 is 0. The van der Waals surface area contributed by atoms with Crippen molar-refractivity contribution in [2.45, 2.75) is 25.7 Å². The first-order valence-corrected chi connectivity index (χ1v) is 9.90. The summed E-state index contributed by atoms with van der Waals surface area (Å²) < 4.78 is 14.0. The van der Waals surface area contributed by atoms with E-state index in [0.717, 1.165) is 17.0 Å². The number of benzene rings is 2. The van der Waals surface area contributed by atoms with Crippen LogP contribution in [0.1, 0.15) is 12.6 Å². The van der Waals surface area contributed by atoms with Crippen molar-refractivity contribution in [3.8, 4) is 11.5 Å². The molecule has 2 aromatic carbocycles. The maximum atomic E-state index is 13.7. The Morgan fingerprint density at radius 3 is 2.47 bits per heavy atom. The molecule has 4 aromatic rings. The summed E-state index contributed by atoms with van der Waals surface area (Å²) in [5, 5.41) is 0. The molecule has 6 heteroatoms. The standard InChI is InChI=1S/C24H21N3O3/c1-17-23(30-21-12-6-5-11-20(21)29-17)24(28)27(18-9-3-2-4-10-18)16-19-15-25-22-13-7-8-14-26(19)22/h2-15,17,23H,16H2,1H3/t17-,23-/m1/s1. The lowest BCUT2D eigenvalue weighted by Gasteiger charge is -2.34. The highest BCUT2D eigenvalue weighted by Crippen LogP contribution is 2.34. The largest absolute Gasteiger partial charge is 0.482 e. The Kier molecular flexibility index (Phi) is 4.59. The minimum absolute atomic E-state index is 0.158. The van der Waals surface area contributed by atoms with Crippen LogP contribution >= 0.6 is 0 Å². The number of hydrogen-bond donors (Lipinski definition) is 0. The zero-order valence-electron chi connectivity index (χ0n) is 16.5. The average Bonchev–Trinajstić information content (AvgIpc) is 3.20. The molecule has 0 fully saturated rings. The van der Waals surface area contributed by atoms with Crippen LogP contribution in [-0.4, -0.2) is 27.5 Å². The van der Waals surface area contributed by atoms with E-state index in [1.165, 1.54) is 0 Å². The van der Waals surface area contributed by atoms with Crippen molar-refractivity contribution in [2.24, 2.45) is 0 Å². The van der Waals surface area contributed by atoms with Crippen molar-refractivity contribution in [1.29, 1.82) is 0 Å². The molecule has 1 amide bonds. The van der Waals surface area contributed by atoms with Crippen molar-refractivity contribution in [2.75, 3.05) is 4.90 Å². The van der Waals surface area contributed by atoms with Gasteiger partial charge in [-0.05, 0) is 43.3 Å². The third-order valence-corrected chi connectivity index (χ3v) is 5.23. The molecule has 0 bridgehead atoms. The van der Waals surface area contributed by atoms with Crippen LogP contribution in [0.15, 0.2) is 85.2 Å². The molecular weight excluding hydrogens is 378 g/mol. The summed E-state index contributed by atoms with van der Waals surface area (Å²) in [5.74, 6) is 1.08. The normalized spacial score (nSPS) is 17.6. The lowest BCUT2D eigenvalue weighted by Crippen LogP contribution is -2.50. The predicted molar refractivity (Wildman–Crippen MR) is 114 cm³/mol. The smallest absolute Gasteiger partial charge is 0.272 e. The van der Waals surface area contributed by atoms with Crippen molar-refractivity contribution in [1.82, 2.24) is 9.38 Å². The third kappa shape index (κ3) is 3.26. The number of anilines is 1. The van der Waals surface area contributed by atoms with Crippen molar-refractivity contribution < 1.29 is 14.3 Å². The lowest BCUT2D eigenvalue weighted by atomic mass is 10.1. The van der Waals surface area contributed by atoms with Gasteiger partial charge in [-0.15, -0.1) is 0 Å². The van der Waals surface area contributed by atoms with E-state index < -0.39 is 12.2 Å². The first-order chi connectivity index (χ1) is 14.7. The van der Waals surface area contributed by atoms with Crippen LogP contribution in [0.2, 0.25) is 0 Å². The summed E-state index contributed by atoms with van der Waals surface area (Å²) in [6.45, 7) is 2.22. The fourth-order valence-electron chi connectivity index (χ4n) is 3.71. The number of carbonyl (C=O) groups is 1. The van der Waals surface area contributed by atoms with E-state index in [0.29, 0.717) is 18.0 Å². The molecule has 30 heavy (non-hydrogen) atoms. The highest BCUT2D eigenvalue weighted by Gasteiger charge is 2.37. The molecule has 0 saturated heterocycles. The van der Waals surface area contributed by atoms with Crippen molar-refractivity contribution in [3.05, 3.63) is 90.9 Å². The number of rotatable bonds is 4. The number of amides is 1. The number of ether oxygens (including phenoxy) is 2. The van der Waals surface area contributed by atoms with Gasteiger partial charge in [-0.25, -0.2) is 4.98 Å². The summed E-state index contributed by atoms with van der Waals surface area (Å²) in [6.07, 6.45) is 2.58. The Hall–Kier alpha value is -3.80. The minimum Gasteiger partial charge on any atom is -0.482 e. The molecule has 0 aliphatic carbocycles. The molecule has 2 atom stereocenters. The van der Waals surface area contributed by atoms with Crippen LogP contribution in [-0.2, 0) is 11.3 Å². The first kappa shape index (κ1) is 18.2. The molecule has 6 nitrogen and oxygen atoms in total. The van der Waals surface area contributed by atoms with Crippen LogP contribution in [0, 0.1) is 0 Å². The zero-order chi connectivity index (χ0) is 20.5. The molecule has 5 rings (SSSR count). The SMILES string of the molecule is C[C@H]1Oc2ccccc2O[C@H]1C(=O)N(Cc1cnc2ccccn12)c1ccccc1. The van der Waals surface area contributed by atoms with Gasteiger partial charge >= 0.3 is 0 Å². The maximum absolute atomic E-state index is 13.7. The number of pyridine rings is 1. The summed E-state index contributed by atoms with van der Waals surface area (Å²) in [6, 6.07) is 22.9. The van der Waals surface area contributed by atoms with Crippen LogP contribution in [0.4, 0.5) is 5.69 Å². The van der Waals surface area contributed by atoms with Crippen molar-refractivity contribution >= 4 is 17.2 Å². The second-order valence-electron chi connectivity index (χ2n) is 7.25. The van der Waals surface area contributed by atoms with E-state index in [4.69, 9.17) is 9.47 Å². The molecule has 0 spiro atoms. The number of carbonyl (C=O) groups excluding carboxylic acids is 1. The van der Waals surface area contributed by atoms with E-state index >= 15 is 0 Å². The van der Waals surface area contributed by atoms with Gasteiger partial charge in [0.2, 0.25) is 6.10 Å². The number of fused-ring (bicyclic) bond motifs is 2. The number of aromatic nitrogens is 2. The van der Waals surface area contributed by atoms with Gasteiger partial charge in [0, 0.05) is 11.9 Å². The highest BCUT2D eigenvalue weighted by atomic mass is 16.6. The third-order valence-electron chi connectivity index (χ3n) is 5.23. The first-order valence-electron chi connectivity index (χ1n) is 9.90. The van der Waals surface area contributed by atoms with E-state index in [1.807, 2.05) is 90.3 Å². The molecular formula is C24H21N3O3. The fraction of sp³-hybridized carbons (Fsp3) is 0.167. The van der Waals surface area contributed by atoms with Gasteiger partial charge in [-0.1, -0.05) is 36.4 Å². The maximum Gasteiger partial charge on any atom is 0.272 e. The Labute approximate surface area is 174 Å². The molecule has 0 N–H and O–H groups in total. The van der Waals surface area contributed by atoms with Gasteiger partial charge in [0.15, 0.2) is 11.5 Å². The van der Waals surface area contributed by atoms with Gasteiger partial charge in [-0.2, -0.15) is 0 Å². The van der Waals surface area contributed by atoms with Gasteiger partial charge in [0.05, 0.1) is 18.4 Å². The minimum atomic E-state index is -0.751. The van der Waals surface area contributed by atoms with Gasteiger partial charge < -0.3 is 18.8 Å². The molecule has 0 unspecified atom stereocenters. The predicted octanol–water partition coefficient (Wildman–Crippen LogP) is 4.10. The highest BCUT2D eigenvalue weighted by molar-refractivity contribution is 5.97. The van der Waals surface area contributed by atoms with E-state index in [-0.39, 0.29) is 5.91 Å². The molecule has 2 aromatic heterocycles. The Balaban J connectivity index is 1.50. The second kappa shape index (κ2) is 7.55. The monoisotopic (exact) mass is 399 g/mol. The van der Waals surface area contributed by atoms with Crippen LogP contribution in [0.25, 0.3) is 5.65 Å². The Morgan fingerprint density at radius 2 is 1.67 bits per heavy atom. The molecule has 0 saturated carbocycles. The lowest BCUT2D eigenvalue weighted by molar-refractivity contribution is -0.130. The summed E-state index contributed by atoms with van der Waals surface area (Å²) in [5.41, 5.74) is 2.54. The number of hydrogen-bond acceptors (Lipinski definition) is 4. The van der Waals surface area contributed by atoms with E-state index in [2.05, 4.69) is 4.98 Å². The Bertz CT molecular complexity index is 1190. The number of imidazole rings is 1. The van der Waals surface area contributed by atoms with Crippen molar-refractivity contribution in [3.63, 3.8) is 0 Å². The van der Waals surface area contributed by atoms with Crippen LogP contribution in [0.5, 0.6) is 11.5 Å². The topological polar surface area (TPSA) is 56.1 Å². The van der Waals surface area contributed by atoms with Gasteiger partial charge in [-0.3, -0.25) is 4.79 Å². The van der Waals surface area contributed by atoms with E-state index in [9.17, 15) is 4.79 Å². The summed E-state index contributed by atoms with van der Waals surface area (Å²) in [7, 11) is 0. The fourth-order valence-corrected chi connectivity index (χ4v) is 3.71. The molecule has 150 valence electrons. The zero-order valence-corrected chi connectivity index (χ0v) is 16.5. The number of para-hydroxylation sites is 3. The van der Waals surface area contributed by atoms with Crippen LogP contribution < -0.4 is 14.4 Å². The summed E-state index contributed by atoms with van der Waals surface area (Å²) in [4.78, 5) is 19.9. The molecule has 3 heterocycles. The second-order valence-corrected chi connectivity index (χ2v) is 7.25. The molecule has 0 radical (unpaired) electrons. The molecule has 1 aliphatic rings. The quantitative estimate of drug-likeness (QED) is 0.519. The average molecular weight is 399 g/mol. The van der Waals surface area contributed by atoms with Crippen LogP contribution in [0.3, 0.4) is 0 Å².